The van der Waals surface area contributed by atoms with Gasteiger partial charge in [-0.2, -0.15) is 0 Å². The van der Waals surface area contributed by atoms with Crippen LogP contribution in [-0.4, -0.2) is 0 Å². The van der Waals surface area contributed by atoms with Crippen LogP contribution in [0.1, 0.15) is 0 Å². The lowest BCUT2D eigenvalue weighted by molar-refractivity contribution is 1.73. The molecule has 0 spiro atoms. The van der Waals surface area contributed by atoms with Gasteiger partial charge < -0.3 is 0 Å². The molecule has 0 amide bonds. The van der Waals surface area contributed by atoms with E-state index in [9.17, 15) is 0 Å². The van der Waals surface area contributed by atoms with Gasteiger partial charge in [0.25, 0.3) is 0 Å². The minimum Gasteiger partial charge on any atom is -0.134 e. The Morgan fingerprint density at radius 1 is 0.244 bits per heavy atom. The molecule has 1 aromatic heterocycles. The monoisotopic (exact) mass is 584 g/mol. The molecule has 0 N–H and O–H groups in total. The SMILES string of the molecule is c1cc2ccc3ccc(-c4cccc5c4sc4c(-c6ccc7ccc8cccc9ccc6c7c89)cccc45)c4ccc(c1)c2c34. The lowest BCUT2D eigenvalue weighted by atomic mass is 9.89. The molecule has 11 rings (SSSR count). The number of hydrogen-bond donors (Lipinski definition) is 0. The highest BCUT2D eigenvalue weighted by Crippen LogP contribution is 2.48. The fourth-order valence-corrected chi connectivity index (χ4v) is 9.54. The molecule has 0 saturated heterocycles. The van der Waals surface area contributed by atoms with Crippen molar-refractivity contribution in [1.82, 2.24) is 0 Å². The number of thiophene rings is 1. The molecular weight excluding hydrogens is 561 g/mol. The van der Waals surface area contributed by atoms with Crippen LogP contribution < -0.4 is 0 Å². The van der Waals surface area contributed by atoms with E-state index in [0.29, 0.717) is 0 Å². The summed E-state index contributed by atoms with van der Waals surface area (Å²) < 4.78 is 2.71. The topological polar surface area (TPSA) is 0 Å². The third kappa shape index (κ3) is 3.11. The van der Waals surface area contributed by atoms with Gasteiger partial charge >= 0.3 is 0 Å². The molecule has 0 fully saturated rings. The molecule has 0 bridgehead atoms. The summed E-state index contributed by atoms with van der Waals surface area (Å²) in [5.74, 6) is 0. The zero-order chi connectivity index (χ0) is 29.2. The van der Waals surface area contributed by atoms with Crippen LogP contribution in [0.5, 0.6) is 0 Å². The maximum absolute atomic E-state index is 2.34. The zero-order valence-corrected chi connectivity index (χ0v) is 25.1. The van der Waals surface area contributed by atoms with Crippen LogP contribution in [0.25, 0.3) is 107 Å². The van der Waals surface area contributed by atoms with Crippen LogP contribution >= 0.6 is 11.3 Å². The molecule has 0 aliphatic heterocycles. The highest BCUT2D eigenvalue weighted by Gasteiger charge is 2.19. The Bertz CT molecular complexity index is 2740. The van der Waals surface area contributed by atoms with Crippen LogP contribution in [0.3, 0.4) is 0 Å². The van der Waals surface area contributed by atoms with Crippen LogP contribution in [0.4, 0.5) is 0 Å². The predicted octanol–water partition coefficient (Wildman–Crippen LogP) is 13.2. The van der Waals surface area contributed by atoms with Crippen molar-refractivity contribution in [3.8, 4) is 22.3 Å². The second-order valence-electron chi connectivity index (χ2n) is 12.4. The molecule has 0 aliphatic carbocycles. The van der Waals surface area contributed by atoms with E-state index in [-0.39, 0.29) is 0 Å². The number of benzene rings is 10. The third-order valence-corrected chi connectivity index (χ3v) is 11.4. The van der Waals surface area contributed by atoms with E-state index in [1.165, 1.54) is 107 Å². The quantitative estimate of drug-likeness (QED) is 0.177. The minimum absolute atomic E-state index is 1.30. The predicted molar refractivity (Wildman–Crippen MR) is 198 cm³/mol. The van der Waals surface area contributed by atoms with Crippen LogP contribution in [0.15, 0.2) is 146 Å². The van der Waals surface area contributed by atoms with E-state index in [0.717, 1.165) is 0 Å². The molecule has 0 atom stereocenters. The molecule has 45 heavy (non-hydrogen) atoms. The van der Waals surface area contributed by atoms with Gasteiger partial charge in [-0.05, 0) is 75.8 Å². The fraction of sp³-hybridized carbons (Fsp3) is 0. The summed E-state index contributed by atoms with van der Waals surface area (Å²) in [7, 11) is 0. The van der Waals surface area contributed by atoms with Gasteiger partial charge in [0.2, 0.25) is 0 Å². The summed E-state index contributed by atoms with van der Waals surface area (Å²) >= 11 is 1.94. The number of fused-ring (bicyclic) bond motifs is 3. The van der Waals surface area contributed by atoms with Gasteiger partial charge in [-0.3, -0.25) is 0 Å². The molecule has 206 valence electrons. The zero-order valence-electron chi connectivity index (χ0n) is 24.3. The summed E-state index contributed by atoms with van der Waals surface area (Å²) in [5.41, 5.74) is 5.24. The highest BCUT2D eigenvalue weighted by molar-refractivity contribution is 7.27. The maximum atomic E-state index is 2.34. The van der Waals surface area contributed by atoms with Gasteiger partial charge in [-0.1, -0.05) is 146 Å². The molecule has 10 aromatic carbocycles. The highest BCUT2D eigenvalue weighted by atomic mass is 32.1. The Balaban J connectivity index is 1.21. The van der Waals surface area contributed by atoms with Crippen molar-refractivity contribution < 1.29 is 0 Å². The molecule has 0 saturated carbocycles. The van der Waals surface area contributed by atoms with E-state index in [4.69, 9.17) is 0 Å². The first-order valence-electron chi connectivity index (χ1n) is 15.6. The average molecular weight is 585 g/mol. The molecular formula is C44H24S. The average Bonchev–Trinajstić information content (AvgIpc) is 3.49. The summed E-state index contributed by atoms with van der Waals surface area (Å²) in [5, 5.41) is 18.6. The Labute approximate surface area is 263 Å². The fourth-order valence-electron chi connectivity index (χ4n) is 8.18. The smallest absolute Gasteiger partial charge is 0.0434 e. The Morgan fingerprint density at radius 3 is 1.04 bits per heavy atom. The first-order chi connectivity index (χ1) is 22.3. The van der Waals surface area contributed by atoms with Crippen LogP contribution in [-0.2, 0) is 0 Å². The molecule has 0 aliphatic rings. The molecule has 1 heterocycles. The molecule has 0 unspecified atom stereocenters. The Kier molecular flexibility index (Phi) is 4.55. The second kappa shape index (κ2) is 8.57. The van der Waals surface area contributed by atoms with Gasteiger partial charge in [0, 0.05) is 31.3 Å². The number of rotatable bonds is 2. The van der Waals surface area contributed by atoms with Crippen LogP contribution in [0.2, 0.25) is 0 Å². The Hall–Kier alpha value is -5.50. The first kappa shape index (κ1) is 23.9. The van der Waals surface area contributed by atoms with Crippen molar-refractivity contribution >= 4 is 96.1 Å². The first-order valence-corrected chi connectivity index (χ1v) is 16.4. The lowest BCUT2D eigenvalue weighted by Crippen LogP contribution is -1.87. The van der Waals surface area contributed by atoms with Gasteiger partial charge in [-0.25, -0.2) is 0 Å². The molecule has 11 aromatic rings. The van der Waals surface area contributed by atoms with Crippen molar-refractivity contribution in [2.45, 2.75) is 0 Å². The summed E-state index contributed by atoms with van der Waals surface area (Å²) in [6, 6.07) is 54.6. The van der Waals surface area contributed by atoms with Crippen molar-refractivity contribution in [3.63, 3.8) is 0 Å². The summed E-state index contributed by atoms with van der Waals surface area (Å²) in [6.07, 6.45) is 0. The molecule has 0 radical (unpaired) electrons. The third-order valence-electron chi connectivity index (χ3n) is 10.2. The van der Waals surface area contributed by atoms with E-state index < -0.39 is 0 Å². The second-order valence-corrected chi connectivity index (χ2v) is 13.4. The van der Waals surface area contributed by atoms with Crippen molar-refractivity contribution in [3.05, 3.63) is 146 Å². The number of hydrogen-bond acceptors (Lipinski definition) is 1. The van der Waals surface area contributed by atoms with E-state index in [2.05, 4.69) is 146 Å². The largest absolute Gasteiger partial charge is 0.134 e. The van der Waals surface area contributed by atoms with E-state index >= 15 is 0 Å². The molecule has 0 nitrogen and oxygen atoms in total. The van der Waals surface area contributed by atoms with Crippen LogP contribution in [0, 0.1) is 0 Å². The normalized spacial score (nSPS) is 12.4. The van der Waals surface area contributed by atoms with Crippen molar-refractivity contribution in [1.29, 1.82) is 0 Å². The van der Waals surface area contributed by atoms with Crippen molar-refractivity contribution in [2.24, 2.45) is 0 Å². The van der Waals surface area contributed by atoms with E-state index in [1.54, 1.807) is 0 Å². The van der Waals surface area contributed by atoms with E-state index in [1.807, 2.05) is 11.3 Å². The summed E-state index contributed by atoms with van der Waals surface area (Å²) in [4.78, 5) is 0. The van der Waals surface area contributed by atoms with Gasteiger partial charge in [0.1, 0.15) is 0 Å². The standard InChI is InChI=1S/C44H24S/c1-5-25-13-15-29-17-21-31(33-23-19-27(7-1)39(25)41(29)33)35-9-3-11-37-38-12-4-10-36(44(38)45-43(35)37)32-22-18-30-16-14-26-6-2-8-28-20-24-34(32)42(30)40(26)28/h1-24H. The lowest BCUT2D eigenvalue weighted by Gasteiger charge is -2.14. The van der Waals surface area contributed by atoms with Crippen molar-refractivity contribution in [2.75, 3.05) is 0 Å². The Morgan fingerprint density at radius 2 is 0.600 bits per heavy atom. The summed E-state index contributed by atoms with van der Waals surface area (Å²) in [6.45, 7) is 0. The molecule has 1 heteroatoms. The van der Waals surface area contributed by atoms with Gasteiger partial charge in [-0.15, -0.1) is 11.3 Å². The minimum atomic E-state index is 1.30. The maximum Gasteiger partial charge on any atom is 0.0434 e. The van der Waals surface area contributed by atoms with Gasteiger partial charge in [0.15, 0.2) is 0 Å². The van der Waals surface area contributed by atoms with Gasteiger partial charge in [0.05, 0.1) is 0 Å².